The maximum atomic E-state index is 12.5. The fourth-order valence-corrected chi connectivity index (χ4v) is 3.48. The summed E-state index contributed by atoms with van der Waals surface area (Å²) in [5.41, 5.74) is 3.73. The SMILES string of the molecule is Cc1ccc(-c2nnc(SCC(=O)c3ccc(NC(=O)c4ccccc4)cc3)o2)cc1. The van der Waals surface area contributed by atoms with E-state index in [-0.39, 0.29) is 17.4 Å². The molecule has 0 bridgehead atoms. The lowest BCUT2D eigenvalue weighted by Crippen LogP contribution is -2.11. The summed E-state index contributed by atoms with van der Waals surface area (Å²) in [6, 6.07) is 23.5. The summed E-state index contributed by atoms with van der Waals surface area (Å²) in [4.78, 5) is 24.7. The summed E-state index contributed by atoms with van der Waals surface area (Å²) in [7, 11) is 0. The molecule has 0 saturated heterocycles. The van der Waals surface area contributed by atoms with Gasteiger partial charge in [-0.3, -0.25) is 9.59 Å². The predicted octanol–water partition coefficient (Wildman–Crippen LogP) is 5.27. The summed E-state index contributed by atoms with van der Waals surface area (Å²) in [6.07, 6.45) is 0. The third-order valence-corrected chi connectivity index (χ3v) is 5.35. The summed E-state index contributed by atoms with van der Waals surface area (Å²) in [6.45, 7) is 2.01. The van der Waals surface area contributed by atoms with Crippen molar-refractivity contribution in [2.45, 2.75) is 12.1 Å². The highest BCUT2D eigenvalue weighted by molar-refractivity contribution is 7.99. The number of benzene rings is 3. The molecule has 4 rings (SSSR count). The van der Waals surface area contributed by atoms with Crippen LogP contribution in [0.4, 0.5) is 5.69 Å². The second-order valence-electron chi connectivity index (χ2n) is 6.85. The van der Waals surface area contributed by atoms with Crippen LogP contribution in [0.15, 0.2) is 88.5 Å². The molecule has 0 aliphatic carbocycles. The summed E-state index contributed by atoms with van der Waals surface area (Å²) in [5.74, 6) is 0.330. The Bertz CT molecular complexity index is 1190. The number of thioether (sulfide) groups is 1. The van der Waals surface area contributed by atoms with Crippen molar-refractivity contribution in [1.29, 1.82) is 0 Å². The van der Waals surface area contributed by atoms with Crippen LogP contribution in [0.2, 0.25) is 0 Å². The lowest BCUT2D eigenvalue weighted by molar-refractivity contribution is 0.101. The van der Waals surface area contributed by atoms with Gasteiger partial charge >= 0.3 is 0 Å². The molecule has 1 heterocycles. The van der Waals surface area contributed by atoms with E-state index in [1.165, 1.54) is 11.8 Å². The van der Waals surface area contributed by atoms with E-state index >= 15 is 0 Å². The molecule has 7 heteroatoms. The monoisotopic (exact) mass is 429 g/mol. The standard InChI is InChI=1S/C24H19N3O3S/c1-16-7-9-19(10-8-16)23-26-27-24(30-23)31-15-21(28)17-11-13-20(14-12-17)25-22(29)18-5-3-2-4-6-18/h2-14H,15H2,1H3,(H,25,29). The largest absolute Gasteiger partial charge is 0.411 e. The average molecular weight is 430 g/mol. The zero-order valence-corrected chi connectivity index (χ0v) is 17.6. The van der Waals surface area contributed by atoms with E-state index in [1.54, 1.807) is 36.4 Å². The molecule has 0 saturated carbocycles. The van der Waals surface area contributed by atoms with Crippen molar-refractivity contribution in [3.63, 3.8) is 0 Å². The molecule has 154 valence electrons. The van der Waals surface area contributed by atoms with Crippen molar-refractivity contribution in [3.8, 4) is 11.5 Å². The van der Waals surface area contributed by atoms with E-state index in [2.05, 4.69) is 15.5 Å². The van der Waals surface area contributed by atoms with Gasteiger partial charge in [0.15, 0.2) is 5.78 Å². The first kappa shape index (κ1) is 20.6. The molecule has 1 aromatic heterocycles. The molecule has 6 nitrogen and oxygen atoms in total. The van der Waals surface area contributed by atoms with Crippen molar-refractivity contribution in [1.82, 2.24) is 10.2 Å². The topological polar surface area (TPSA) is 85.1 Å². The van der Waals surface area contributed by atoms with Crippen LogP contribution in [0, 0.1) is 6.92 Å². The van der Waals surface area contributed by atoms with Crippen LogP contribution in [-0.2, 0) is 0 Å². The number of amides is 1. The molecule has 0 fully saturated rings. The van der Waals surface area contributed by atoms with Gasteiger partial charge in [-0.2, -0.15) is 0 Å². The molecule has 1 amide bonds. The maximum Gasteiger partial charge on any atom is 0.277 e. The van der Waals surface area contributed by atoms with E-state index < -0.39 is 0 Å². The molecule has 0 spiro atoms. The second kappa shape index (κ2) is 9.40. The number of nitrogens with zero attached hydrogens (tertiary/aromatic N) is 2. The van der Waals surface area contributed by atoms with E-state index in [1.807, 2.05) is 49.4 Å². The van der Waals surface area contributed by atoms with Gasteiger partial charge in [-0.05, 0) is 55.5 Å². The van der Waals surface area contributed by atoms with Crippen LogP contribution in [0.3, 0.4) is 0 Å². The van der Waals surface area contributed by atoms with Crippen molar-refractivity contribution in [3.05, 3.63) is 95.6 Å². The lowest BCUT2D eigenvalue weighted by atomic mass is 10.1. The molecule has 1 N–H and O–H groups in total. The van der Waals surface area contributed by atoms with E-state index in [4.69, 9.17) is 4.42 Å². The van der Waals surface area contributed by atoms with Crippen molar-refractivity contribution in [2.24, 2.45) is 0 Å². The minimum Gasteiger partial charge on any atom is -0.411 e. The normalized spacial score (nSPS) is 10.6. The quantitative estimate of drug-likeness (QED) is 0.318. The maximum absolute atomic E-state index is 12.5. The number of hydrogen-bond acceptors (Lipinski definition) is 6. The molecule has 4 aromatic rings. The van der Waals surface area contributed by atoms with Crippen molar-refractivity contribution in [2.75, 3.05) is 11.1 Å². The summed E-state index contributed by atoms with van der Waals surface area (Å²) >= 11 is 1.19. The number of nitrogens with one attached hydrogen (secondary N) is 1. The Hall–Kier alpha value is -3.71. The van der Waals surface area contributed by atoms with Crippen molar-refractivity contribution < 1.29 is 14.0 Å². The number of anilines is 1. The van der Waals surface area contributed by atoms with Crippen LogP contribution in [0.25, 0.3) is 11.5 Å². The first-order valence-corrected chi connectivity index (χ1v) is 10.6. The molecular weight excluding hydrogens is 410 g/mol. The Balaban J connectivity index is 1.33. The molecule has 3 aromatic carbocycles. The fourth-order valence-electron chi connectivity index (χ4n) is 2.82. The minimum atomic E-state index is -0.198. The molecule has 31 heavy (non-hydrogen) atoms. The smallest absolute Gasteiger partial charge is 0.277 e. The molecule has 0 radical (unpaired) electrons. The molecule has 0 unspecified atom stereocenters. The Morgan fingerprint density at radius 3 is 2.29 bits per heavy atom. The Labute approximate surface area is 183 Å². The van der Waals surface area contributed by atoms with Crippen LogP contribution in [0.5, 0.6) is 0 Å². The van der Waals surface area contributed by atoms with Gasteiger partial charge in [0.05, 0.1) is 5.75 Å². The van der Waals surface area contributed by atoms with Gasteiger partial charge in [-0.25, -0.2) is 0 Å². The van der Waals surface area contributed by atoms with Gasteiger partial charge in [0.25, 0.3) is 11.1 Å². The summed E-state index contributed by atoms with van der Waals surface area (Å²) in [5, 5.41) is 11.2. The molecule has 0 atom stereocenters. The number of carbonyl (C=O) groups is 2. The van der Waals surface area contributed by atoms with Gasteiger partial charge in [0.1, 0.15) is 0 Å². The zero-order valence-electron chi connectivity index (χ0n) is 16.7. The van der Waals surface area contributed by atoms with Gasteiger partial charge in [-0.15, -0.1) is 10.2 Å². The van der Waals surface area contributed by atoms with Crippen LogP contribution in [0.1, 0.15) is 26.3 Å². The number of carbonyl (C=O) groups excluding carboxylic acids is 2. The fraction of sp³-hybridized carbons (Fsp3) is 0.0833. The second-order valence-corrected chi connectivity index (χ2v) is 7.78. The van der Waals surface area contributed by atoms with Crippen LogP contribution in [-0.4, -0.2) is 27.6 Å². The van der Waals surface area contributed by atoms with Crippen LogP contribution >= 0.6 is 11.8 Å². The third-order valence-electron chi connectivity index (χ3n) is 4.53. The highest BCUT2D eigenvalue weighted by atomic mass is 32.2. The lowest BCUT2D eigenvalue weighted by Gasteiger charge is -2.06. The van der Waals surface area contributed by atoms with E-state index in [0.29, 0.717) is 27.9 Å². The minimum absolute atomic E-state index is 0.0685. The first-order chi connectivity index (χ1) is 15.1. The highest BCUT2D eigenvalue weighted by Gasteiger charge is 2.13. The number of hydrogen-bond donors (Lipinski definition) is 1. The van der Waals surface area contributed by atoms with Crippen LogP contribution < -0.4 is 5.32 Å². The molecule has 0 aliphatic rings. The summed E-state index contributed by atoms with van der Waals surface area (Å²) < 4.78 is 5.64. The number of rotatable bonds is 7. The number of Topliss-reactive ketones (excluding diaryl/α,β-unsaturated/α-hetero) is 1. The Kier molecular flexibility index (Phi) is 6.24. The molecule has 0 aliphatic heterocycles. The number of aromatic nitrogens is 2. The number of aryl methyl sites for hydroxylation is 1. The van der Waals surface area contributed by atoms with Gasteiger partial charge in [0, 0.05) is 22.4 Å². The number of ketones is 1. The van der Waals surface area contributed by atoms with E-state index in [9.17, 15) is 9.59 Å². The first-order valence-electron chi connectivity index (χ1n) is 9.61. The third kappa shape index (κ3) is 5.26. The van der Waals surface area contributed by atoms with Gasteiger partial charge < -0.3 is 9.73 Å². The van der Waals surface area contributed by atoms with Gasteiger partial charge in [0.2, 0.25) is 5.89 Å². The Morgan fingerprint density at radius 2 is 1.58 bits per heavy atom. The van der Waals surface area contributed by atoms with E-state index in [0.717, 1.165) is 11.1 Å². The average Bonchev–Trinajstić information content (AvgIpc) is 3.28. The molecular formula is C24H19N3O3S. The van der Waals surface area contributed by atoms with Crippen molar-refractivity contribution >= 4 is 29.1 Å². The van der Waals surface area contributed by atoms with Gasteiger partial charge in [-0.1, -0.05) is 47.7 Å². The highest BCUT2D eigenvalue weighted by Crippen LogP contribution is 2.24. The predicted molar refractivity (Wildman–Crippen MR) is 120 cm³/mol. The Morgan fingerprint density at radius 1 is 0.871 bits per heavy atom. The zero-order chi connectivity index (χ0) is 21.6.